The number of aliphatic imine (C=N–C) groups is 1. The van der Waals surface area contributed by atoms with E-state index in [4.69, 9.17) is 9.47 Å². The molecule has 1 saturated heterocycles. The molecule has 1 aliphatic heterocycles. The van der Waals surface area contributed by atoms with Crippen molar-refractivity contribution in [3.63, 3.8) is 0 Å². The number of guanidine groups is 1. The van der Waals surface area contributed by atoms with E-state index in [1.807, 2.05) is 43.4 Å². The maximum absolute atomic E-state index is 11.7. The fraction of sp³-hybridized carbons (Fsp3) is 0.417. The lowest BCUT2D eigenvalue weighted by atomic mass is 9.98. The molecule has 1 aliphatic rings. The minimum absolute atomic E-state index is 0. The molecule has 1 fully saturated rings. The lowest BCUT2D eigenvalue weighted by Gasteiger charge is -2.22. The molecule has 3 rings (SSSR count). The number of hydrogen-bond donors (Lipinski definition) is 1. The number of rotatable bonds is 7. The molecule has 1 heterocycles. The van der Waals surface area contributed by atoms with Crippen LogP contribution in [0.15, 0.2) is 53.5 Å². The van der Waals surface area contributed by atoms with Crippen LogP contribution in [0.2, 0.25) is 0 Å². The lowest BCUT2D eigenvalue weighted by Crippen LogP contribution is -2.39. The molecule has 0 aliphatic carbocycles. The zero-order valence-corrected chi connectivity index (χ0v) is 21.5. The molecule has 32 heavy (non-hydrogen) atoms. The molecule has 1 atom stereocenters. The number of carbonyl (C=O) groups is 1. The van der Waals surface area contributed by atoms with Gasteiger partial charge in [-0.05, 0) is 41.8 Å². The Balaban J connectivity index is 0.00000363. The van der Waals surface area contributed by atoms with Crippen molar-refractivity contribution in [2.75, 3.05) is 47.9 Å². The fourth-order valence-corrected chi connectivity index (χ4v) is 3.63. The Labute approximate surface area is 207 Å². The molecule has 0 bridgehead atoms. The van der Waals surface area contributed by atoms with Crippen LogP contribution in [0, 0.1) is 0 Å². The highest BCUT2D eigenvalue weighted by Gasteiger charge is 2.26. The van der Waals surface area contributed by atoms with Gasteiger partial charge < -0.3 is 24.6 Å². The quantitative estimate of drug-likeness (QED) is 0.325. The second kappa shape index (κ2) is 12.5. The van der Waals surface area contributed by atoms with Gasteiger partial charge in [0.15, 0.2) is 12.6 Å². The number of benzene rings is 2. The Morgan fingerprint density at radius 2 is 1.94 bits per heavy atom. The molecular weight excluding hydrogens is 519 g/mol. The van der Waals surface area contributed by atoms with E-state index < -0.39 is 0 Å². The monoisotopic (exact) mass is 552 g/mol. The second-order valence-corrected chi connectivity index (χ2v) is 7.83. The number of nitrogens with zero attached hydrogens (tertiary/aromatic N) is 3. The molecule has 0 radical (unpaired) electrons. The Morgan fingerprint density at radius 3 is 2.59 bits per heavy atom. The molecule has 0 saturated carbocycles. The molecule has 7 nitrogen and oxygen atoms in total. The van der Waals surface area contributed by atoms with Gasteiger partial charge in [-0.1, -0.05) is 24.3 Å². The zero-order chi connectivity index (χ0) is 22.2. The van der Waals surface area contributed by atoms with E-state index in [9.17, 15) is 4.79 Å². The van der Waals surface area contributed by atoms with Crippen LogP contribution in [0.5, 0.6) is 11.5 Å². The van der Waals surface area contributed by atoms with Crippen LogP contribution in [0.4, 0.5) is 0 Å². The van der Waals surface area contributed by atoms with Crippen molar-refractivity contribution in [3.05, 3.63) is 59.7 Å². The highest BCUT2D eigenvalue weighted by molar-refractivity contribution is 14.0. The second-order valence-electron chi connectivity index (χ2n) is 7.83. The average Bonchev–Trinajstić information content (AvgIpc) is 3.28. The molecule has 0 aromatic heterocycles. The summed E-state index contributed by atoms with van der Waals surface area (Å²) in [6, 6.07) is 16.1. The summed E-state index contributed by atoms with van der Waals surface area (Å²) in [5, 5.41) is 3.45. The molecule has 2 aromatic rings. The maximum atomic E-state index is 11.7. The van der Waals surface area contributed by atoms with Crippen LogP contribution >= 0.6 is 24.0 Å². The van der Waals surface area contributed by atoms with Gasteiger partial charge in [0.1, 0.15) is 11.5 Å². The summed E-state index contributed by atoms with van der Waals surface area (Å²) in [6.45, 7) is 2.56. The fourth-order valence-electron chi connectivity index (χ4n) is 3.63. The summed E-state index contributed by atoms with van der Waals surface area (Å²) >= 11 is 0. The number of likely N-dealkylation sites (N-methyl/N-ethyl adjacent to an activating group) is 1. The van der Waals surface area contributed by atoms with Gasteiger partial charge in [-0.25, -0.2) is 0 Å². The highest BCUT2D eigenvalue weighted by atomic mass is 127. The van der Waals surface area contributed by atoms with Crippen LogP contribution in [-0.4, -0.2) is 69.6 Å². The normalized spacial score (nSPS) is 15.7. The first-order valence-electron chi connectivity index (χ1n) is 10.5. The van der Waals surface area contributed by atoms with E-state index >= 15 is 0 Å². The van der Waals surface area contributed by atoms with E-state index in [1.165, 1.54) is 10.5 Å². The minimum Gasteiger partial charge on any atom is -0.497 e. The van der Waals surface area contributed by atoms with Crippen molar-refractivity contribution in [1.29, 1.82) is 0 Å². The van der Waals surface area contributed by atoms with Crippen LogP contribution in [0.1, 0.15) is 23.5 Å². The van der Waals surface area contributed by atoms with Crippen LogP contribution in [-0.2, 0) is 11.3 Å². The van der Waals surface area contributed by atoms with Crippen molar-refractivity contribution in [1.82, 2.24) is 15.1 Å². The maximum Gasteiger partial charge on any atom is 0.259 e. The molecule has 1 N–H and O–H groups in total. The predicted molar refractivity (Wildman–Crippen MR) is 138 cm³/mol. The van der Waals surface area contributed by atoms with Crippen LogP contribution < -0.4 is 14.8 Å². The number of carbonyl (C=O) groups excluding carboxylic acids is 1. The third-order valence-electron chi connectivity index (χ3n) is 5.50. The van der Waals surface area contributed by atoms with Gasteiger partial charge in [-0.3, -0.25) is 9.79 Å². The summed E-state index contributed by atoms with van der Waals surface area (Å²) < 4.78 is 10.9. The standard InChI is InChI=1S/C24H32N4O3.HI/c1-25-24(28-13-12-20(16-28)19-8-10-21(30-4)11-9-19)26-15-18-6-5-7-22(14-18)31-17-23(29)27(2)3;/h5-11,14,20H,12-13,15-17H2,1-4H3,(H,25,26);1H. The number of likely N-dealkylation sites (tertiary alicyclic amines) is 1. The van der Waals surface area contributed by atoms with Gasteiger partial charge in [0, 0.05) is 46.7 Å². The van der Waals surface area contributed by atoms with E-state index in [1.54, 1.807) is 21.2 Å². The Bertz CT molecular complexity index is 902. The summed E-state index contributed by atoms with van der Waals surface area (Å²) in [5.41, 5.74) is 2.40. The molecule has 8 heteroatoms. The third-order valence-corrected chi connectivity index (χ3v) is 5.50. The Morgan fingerprint density at radius 1 is 1.19 bits per heavy atom. The van der Waals surface area contributed by atoms with E-state index in [2.05, 4.69) is 27.3 Å². The van der Waals surface area contributed by atoms with Crippen molar-refractivity contribution in [3.8, 4) is 11.5 Å². The van der Waals surface area contributed by atoms with Crippen molar-refractivity contribution in [2.45, 2.75) is 18.9 Å². The number of amides is 1. The van der Waals surface area contributed by atoms with Gasteiger partial charge in [-0.15, -0.1) is 24.0 Å². The zero-order valence-electron chi connectivity index (χ0n) is 19.2. The first-order valence-corrected chi connectivity index (χ1v) is 10.5. The van der Waals surface area contributed by atoms with E-state index in [-0.39, 0.29) is 36.5 Å². The Hall–Kier alpha value is -2.49. The average molecular weight is 552 g/mol. The molecular formula is C24H33IN4O3. The number of hydrogen-bond acceptors (Lipinski definition) is 4. The highest BCUT2D eigenvalue weighted by Crippen LogP contribution is 2.28. The topological polar surface area (TPSA) is 66.4 Å². The molecule has 1 amide bonds. The van der Waals surface area contributed by atoms with Crippen molar-refractivity contribution >= 4 is 35.8 Å². The van der Waals surface area contributed by atoms with Gasteiger partial charge >= 0.3 is 0 Å². The first-order chi connectivity index (χ1) is 15.0. The number of nitrogens with one attached hydrogen (secondary N) is 1. The predicted octanol–water partition coefficient (Wildman–Crippen LogP) is 3.35. The van der Waals surface area contributed by atoms with Crippen LogP contribution in [0.3, 0.4) is 0 Å². The first kappa shape index (κ1) is 25.8. The summed E-state index contributed by atoms with van der Waals surface area (Å²) in [7, 11) is 6.94. The minimum atomic E-state index is -0.0654. The Kier molecular flexibility index (Phi) is 10.1. The number of methoxy groups -OCH3 is 1. The van der Waals surface area contributed by atoms with Crippen molar-refractivity contribution in [2.24, 2.45) is 4.99 Å². The largest absolute Gasteiger partial charge is 0.497 e. The summed E-state index contributed by atoms with van der Waals surface area (Å²) in [5.74, 6) is 2.88. The van der Waals surface area contributed by atoms with Gasteiger partial charge in [0.25, 0.3) is 5.91 Å². The molecule has 174 valence electrons. The van der Waals surface area contributed by atoms with E-state index in [0.717, 1.165) is 36.8 Å². The van der Waals surface area contributed by atoms with Gasteiger partial charge in [-0.2, -0.15) is 0 Å². The summed E-state index contributed by atoms with van der Waals surface area (Å²) in [4.78, 5) is 20.0. The van der Waals surface area contributed by atoms with Crippen molar-refractivity contribution < 1.29 is 14.3 Å². The smallest absolute Gasteiger partial charge is 0.259 e. The van der Waals surface area contributed by atoms with Gasteiger partial charge in [0.05, 0.1) is 7.11 Å². The van der Waals surface area contributed by atoms with Gasteiger partial charge in [0.2, 0.25) is 0 Å². The third kappa shape index (κ3) is 7.01. The number of ether oxygens (including phenoxy) is 2. The number of halogens is 1. The molecule has 2 aromatic carbocycles. The lowest BCUT2D eigenvalue weighted by molar-refractivity contribution is -0.130. The van der Waals surface area contributed by atoms with Crippen LogP contribution in [0.25, 0.3) is 0 Å². The molecule has 0 spiro atoms. The van der Waals surface area contributed by atoms with E-state index in [0.29, 0.717) is 18.2 Å². The summed E-state index contributed by atoms with van der Waals surface area (Å²) in [6.07, 6.45) is 1.09. The SMILES string of the molecule is CN=C(NCc1cccc(OCC(=O)N(C)C)c1)N1CCC(c2ccc(OC)cc2)C1.I. The molecule has 1 unspecified atom stereocenters.